The second-order valence-corrected chi connectivity index (χ2v) is 2.68. The number of nitrogens with zero attached hydrogens (tertiary/aromatic N) is 8. The van der Waals surface area contributed by atoms with Crippen LogP contribution in [0.3, 0.4) is 0 Å². The highest BCUT2D eigenvalue weighted by Crippen LogP contribution is 2.25. The molecule has 0 aromatic carbocycles. The number of nitro groups is 2. The van der Waals surface area contributed by atoms with Crippen molar-refractivity contribution in [3.63, 3.8) is 0 Å². The Kier molecular flexibility index (Phi) is 2.65. The summed E-state index contributed by atoms with van der Waals surface area (Å²) in [6.07, 6.45) is 0. The lowest BCUT2D eigenvalue weighted by Gasteiger charge is -1.89. The topological polar surface area (TPSA) is 194 Å². The average molecular weight is 254 g/mol. The Balaban J connectivity index is 2.30. The summed E-state index contributed by atoms with van der Waals surface area (Å²) in [6.45, 7) is 0. The normalized spacial score (nSPS) is 10.9. The van der Waals surface area contributed by atoms with Crippen molar-refractivity contribution in [2.24, 2.45) is 10.2 Å². The molecule has 92 valence electrons. The highest BCUT2D eigenvalue weighted by atomic mass is 16.6. The molecule has 14 heteroatoms. The van der Waals surface area contributed by atoms with Crippen molar-refractivity contribution < 1.29 is 9.85 Å². The van der Waals surface area contributed by atoms with Crippen LogP contribution in [0.4, 0.5) is 23.3 Å². The molecule has 0 radical (unpaired) electrons. The van der Waals surface area contributed by atoms with Crippen molar-refractivity contribution in [2.45, 2.75) is 0 Å². The lowest BCUT2D eigenvalue weighted by Crippen LogP contribution is -1.88. The molecule has 2 rings (SSSR count). The van der Waals surface area contributed by atoms with Gasteiger partial charge in [0.2, 0.25) is 0 Å². The molecular formula is C4H2N10O4. The predicted molar refractivity (Wildman–Crippen MR) is 50.3 cm³/mol. The molecule has 2 aromatic heterocycles. The van der Waals surface area contributed by atoms with E-state index in [0.717, 1.165) is 0 Å². The molecule has 2 heterocycles. The van der Waals surface area contributed by atoms with Gasteiger partial charge in [-0.1, -0.05) is 10.2 Å². The van der Waals surface area contributed by atoms with Gasteiger partial charge in [0, 0.05) is 10.4 Å². The number of aromatic nitrogens is 6. The molecule has 0 aliphatic heterocycles. The van der Waals surface area contributed by atoms with Crippen LogP contribution in [0.5, 0.6) is 0 Å². The second kappa shape index (κ2) is 4.28. The zero-order valence-electron chi connectivity index (χ0n) is 8.21. The minimum Gasteiger partial charge on any atom is -0.358 e. The molecule has 2 aromatic rings. The van der Waals surface area contributed by atoms with Crippen LogP contribution in [0, 0.1) is 20.2 Å². The number of hydrogen-bond acceptors (Lipinski definition) is 10. The predicted octanol–water partition coefficient (Wildman–Crippen LogP) is 0.155. The maximum absolute atomic E-state index is 10.5. The third-order valence-corrected chi connectivity index (χ3v) is 1.63. The summed E-state index contributed by atoms with van der Waals surface area (Å²) in [4.78, 5) is 19.3. The fraction of sp³-hybridized carbons (Fsp3) is 0. The van der Waals surface area contributed by atoms with E-state index in [2.05, 4.69) is 30.9 Å². The molecule has 0 aliphatic rings. The van der Waals surface area contributed by atoms with E-state index in [1.54, 1.807) is 0 Å². The SMILES string of the molecule is O=[N+]([O-])c1[nH]nnc1N=Nc1nn[nH]c1[N+](=O)[O-]. The number of H-pyrrole nitrogens is 2. The molecule has 0 amide bonds. The van der Waals surface area contributed by atoms with Crippen LogP contribution < -0.4 is 0 Å². The molecule has 0 atom stereocenters. The molecular weight excluding hydrogens is 252 g/mol. The van der Waals surface area contributed by atoms with Crippen molar-refractivity contribution in [2.75, 3.05) is 0 Å². The summed E-state index contributed by atoms with van der Waals surface area (Å²) in [5.41, 5.74) is 0. The summed E-state index contributed by atoms with van der Waals surface area (Å²) in [5, 5.41) is 44.4. The lowest BCUT2D eigenvalue weighted by atomic mass is 10.6. The van der Waals surface area contributed by atoms with Gasteiger partial charge in [0.05, 0.1) is 0 Å². The minimum absolute atomic E-state index is 0.433. The van der Waals surface area contributed by atoms with E-state index in [9.17, 15) is 20.2 Å². The molecule has 0 saturated heterocycles. The van der Waals surface area contributed by atoms with E-state index in [1.807, 2.05) is 10.2 Å². The van der Waals surface area contributed by atoms with E-state index in [-0.39, 0.29) is 0 Å². The monoisotopic (exact) mass is 254 g/mol. The summed E-state index contributed by atoms with van der Waals surface area (Å²) in [5.74, 6) is -2.05. The summed E-state index contributed by atoms with van der Waals surface area (Å²) < 4.78 is 0. The van der Waals surface area contributed by atoms with Gasteiger partial charge < -0.3 is 20.2 Å². The van der Waals surface area contributed by atoms with Gasteiger partial charge in [-0.25, -0.2) is 0 Å². The fourth-order valence-corrected chi connectivity index (χ4v) is 0.909. The number of hydrogen-bond donors (Lipinski definition) is 2. The van der Waals surface area contributed by atoms with Crippen LogP contribution in [0.25, 0.3) is 0 Å². The summed E-state index contributed by atoms with van der Waals surface area (Å²) in [6, 6.07) is 0. The Hall–Kier alpha value is -3.32. The van der Waals surface area contributed by atoms with Crippen LogP contribution in [0.1, 0.15) is 0 Å². The first-order chi connectivity index (χ1) is 8.59. The molecule has 2 N–H and O–H groups in total. The van der Waals surface area contributed by atoms with Crippen molar-refractivity contribution in [3.8, 4) is 0 Å². The van der Waals surface area contributed by atoms with E-state index >= 15 is 0 Å². The molecule has 0 fully saturated rings. The smallest absolute Gasteiger partial charge is 0.358 e. The largest absolute Gasteiger partial charge is 0.391 e. The van der Waals surface area contributed by atoms with Crippen LogP contribution in [-0.4, -0.2) is 40.7 Å². The molecule has 0 saturated carbocycles. The summed E-state index contributed by atoms with van der Waals surface area (Å²) in [7, 11) is 0. The third kappa shape index (κ3) is 1.96. The van der Waals surface area contributed by atoms with Gasteiger partial charge in [0.25, 0.3) is 11.6 Å². The first-order valence-corrected chi connectivity index (χ1v) is 4.12. The van der Waals surface area contributed by atoms with Crippen LogP contribution >= 0.6 is 0 Å². The lowest BCUT2D eigenvalue weighted by molar-refractivity contribution is -0.389. The number of rotatable bonds is 4. The third-order valence-electron chi connectivity index (χ3n) is 1.63. The van der Waals surface area contributed by atoms with Gasteiger partial charge >= 0.3 is 11.6 Å². The second-order valence-electron chi connectivity index (χ2n) is 2.68. The van der Waals surface area contributed by atoms with Crippen molar-refractivity contribution >= 4 is 23.3 Å². The maximum Gasteiger partial charge on any atom is 0.391 e. The van der Waals surface area contributed by atoms with Gasteiger partial charge in [-0.05, 0) is 9.85 Å². The number of azo groups is 1. The minimum atomic E-state index is -0.814. The average Bonchev–Trinajstić information content (AvgIpc) is 2.94. The van der Waals surface area contributed by atoms with Gasteiger partial charge in [-0.3, -0.25) is 0 Å². The molecule has 14 nitrogen and oxygen atoms in total. The fourth-order valence-electron chi connectivity index (χ4n) is 0.909. The van der Waals surface area contributed by atoms with Gasteiger partial charge in [0.1, 0.15) is 0 Å². The zero-order chi connectivity index (χ0) is 13.1. The highest BCUT2D eigenvalue weighted by Gasteiger charge is 2.19. The first-order valence-electron chi connectivity index (χ1n) is 4.12. The molecule has 0 unspecified atom stereocenters. The van der Waals surface area contributed by atoms with E-state index < -0.39 is 33.1 Å². The highest BCUT2D eigenvalue weighted by molar-refractivity contribution is 5.46. The first kappa shape index (κ1) is 11.2. The molecule has 18 heavy (non-hydrogen) atoms. The van der Waals surface area contributed by atoms with Crippen molar-refractivity contribution in [3.05, 3.63) is 20.2 Å². The Morgan fingerprint density at radius 1 is 0.889 bits per heavy atom. The van der Waals surface area contributed by atoms with Crippen molar-refractivity contribution in [1.29, 1.82) is 0 Å². The van der Waals surface area contributed by atoms with E-state index in [1.165, 1.54) is 0 Å². The standard InChI is InChI=1S/C4H2N10O4/c15-13(16)3-1(7-11-9-3)5-6-2-4(14(17)18)10-12-8-2/h(H,7,9,11)(H,8,10,12). The van der Waals surface area contributed by atoms with Crippen LogP contribution in [0.15, 0.2) is 10.2 Å². The Labute approximate surface area is 95.4 Å². The van der Waals surface area contributed by atoms with Crippen LogP contribution in [0.2, 0.25) is 0 Å². The van der Waals surface area contributed by atoms with Gasteiger partial charge in [-0.15, -0.1) is 20.4 Å². The quantitative estimate of drug-likeness (QED) is 0.436. The Morgan fingerprint density at radius 3 is 1.61 bits per heavy atom. The zero-order valence-corrected chi connectivity index (χ0v) is 8.21. The molecule has 0 aliphatic carbocycles. The Morgan fingerprint density at radius 2 is 1.28 bits per heavy atom. The van der Waals surface area contributed by atoms with Crippen LogP contribution in [-0.2, 0) is 0 Å². The number of nitrogens with one attached hydrogen (secondary N) is 2. The summed E-state index contributed by atoms with van der Waals surface area (Å²) >= 11 is 0. The van der Waals surface area contributed by atoms with Crippen molar-refractivity contribution in [1.82, 2.24) is 30.8 Å². The van der Waals surface area contributed by atoms with E-state index in [0.29, 0.717) is 0 Å². The maximum atomic E-state index is 10.5. The molecule has 0 spiro atoms. The number of aromatic amines is 2. The van der Waals surface area contributed by atoms with Gasteiger partial charge in [0.15, 0.2) is 0 Å². The Bertz CT molecular complexity index is 571. The van der Waals surface area contributed by atoms with Gasteiger partial charge in [-0.2, -0.15) is 0 Å². The molecule has 0 bridgehead atoms. The van der Waals surface area contributed by atoms with E-state index in [4.69, 9.17) is 0 Å².